The van der Waals surface area contributed by atoms with Gasteiger partial charge in [0, 0.05) is 23.1 Å². The Kier molecular flexibility index (Phi) is 4.46. The van der Waals surface area contributed by atoms with Crippen LogP contribution in [0.4, 0.5) is 0 Å². The van der Waals surface area contributed by atoms with Gasteiger partial charge in [0.1, 0.15) is 5.75 Å². The van der Waals surface area contributed by atoms with Crippen LogP contribution in [0.15, 0.2) is 66.9 Å². The second kappa shape index (κ2) is 7.04. The molecule has 0 bridgehead atoms. The number of ether oxygens (including phenoxy) is 1. The van der Waals surface area contributed by atoms with E-state index in [4.69, 9.17) is 4.74 Å². The van der Waals surface area contributed by atoms with Crippen LogP contribution in [0.1, 0.15) is 37.7 Å². The summed E-state index contributed by atoms with van der Waals surface area (Å²) in [6, 6.07) is 21.4. The number of aromatic nitrogens is 1. The van der Waals surface area contributed by atoms with Crippen LogP contribution in [0.25, 0.3) is 10.9 Å². The minimum Gasteiger partial charge on any atom is -0.490 e. The first-order valence-corrected chi connectivity index (χ1v) is 9.01. The van der Waals surface area contributed by atoms with Crippen LogP contribution in [-0.4, -0.2) is 6.10 Å². The lowest BCUT2D eigenvalue weighted by Crippen LogP contribution is -2.34. The predicted molar refractivity (Wildman–Crippen MR) is 97.2 cm³/mol. The Hall–Kier alpha value is -2.35. The smallest absolute Gasteiger partial charge is 0.212 e. The molecular weight excluding hydrogens is 294 g/mol. The Bertz CT molecular complexity index is 798. The van der Waals surface area contributed by atoms with Gasteiger partial charge in [-0.05, 0) is 62.1 Å². The lowest BCUT2D eigenvalue weighted by Gasteiger charge is -2.22. The van der Waals surface area contributed by atoms with Crippen molar-refractivity contribution in [3.8, 4) is 5.75 Å². The SMILES string of the molecule is c1ccc2c(c1)ccc[n+]2Cc1ccc(OC2CCCCC2)cc1. The highest BCUT2D eigenvalue weighted by atomic mass is 16.5. The molecule has 3 aromatic rings. The summed E-state index contributed by atoms with van der Waals surface area (Å²) in [5, 5.41) is 1.28. The summed E-state index contributed by atoms with van der Waals surface area (Å²) < 4.78 is 8.42. The molecule has 2 heteroatoms. The number of benzene rings is 2. The van der Waals surface area contributed by atoms with E-state index in [1.165, 1.54) is 48.6 Å². The number of pyridine rings is 1. The van der Waals surface area contributed by atoms with E-state index in [2.05, 4.69) is 71.4 Å². The van der Waals surface area contributed by atoms with Crippen molar-refractivity contribution in [3.63, 3.8) is 0 Å². The van der Waals surface area contributed by atoms with E-state index < -0.39 is 0 Å². The zero-order chi connectivity index (χ0) is 16.2. The molecule has 1 aliphatic rings. The molecule has 4 rings (SSSR count). The summed E-state index contributed by atoms with van der Waals surface area (Å²) in [7, 11) is 0. The predicted octanol–water partition coefficient (Wildman–Crippen LogP) is 4.89. The zero-order valence-electron chi connectivity index (χ0n) is 14.0. The van der Waals surface area contributed by atoms with Crippen LogP contribution in [0.3, 0.4) is 0 Å². The van der Waals surface area contributed by atoms with Crippen molar-refractivity contribution in [2.45, 2.75) is 44.8 Å². The fourth-order valence-electron chi connectivity index (χ4n) is 3.60. The van der Waals surface area contributed by atoms with E-state index in [1.807, 2.05) is 0 Å². The van der Waals surface area contributed by atoms with Crippen LogP contribution in [-0.2, 0) is 6.54 Å². The van der Waals surface area contributed by atoms with Gasteiger partial charge in [-0.1, -0.05) is 18.6 Å². The molecule has 1 aliphatic carbocycles. The maximum Gasteiger partial charge on any atom is 0.212 e. The molecule has 0 N–H and O–H groups in total. The van der Waals surface area contributed by atoms with Gasteiger partial charge in [-0.3, -0.25) is 0 Å². The molecule has 0 spiro atoms. The summed E-state index contributed by atoms with van der Waals surface area (Å²) >= 11 is 0. The van der Waals surface area contributed by atoms with Gasteiger partial charge in [-0.2, -0.15) is 4.57 Å². The maximum absolute atomic E-state index is 6.12. The molecule has 24 heavy (non-hydrogen) atoms. The second-order valence-corrected chi connectivity index (χ2v) is 6.72. The molecule has 1 fully saturated rings. The highest BCUT2D eigenvalue weighted by molar-refractivity contribution is 5.74. The highest BCUT2D eigenvalue weighted by Crippen LogP contribution is 2.23. The molecule has 0 atom stereocenters. The normalized spacial score (nSPS) is 15.5. The zero-order valence-corrected chi connectivity index (χ0v) is 14.0. The third-order valence-electron chi connectivity index (χ3n) is 4.92. The lowest BCUT2D eigenvalue weighted by atomic mass is 9.98. The number of rotatable bonds is 4. The number of hydrogen-bond acceptors (Lipinski definition) is 1. The highest BCUT2D eigenvalue weighted by Gasteiger charge is 2.15. The maximum atomic E-state index is 6.12. The van der Waals surface area contributed by atoms with Gasteiger partial charge in [-0.15, -0.1) is 0 Å². The van der Waals surface area contributed by atoms with Crippen molar-refractivity contribution in [1.29, 1.82) is 0 Å². The lowest BCUT2D eigenvalue weighted by molar-refractivity contribution is -0.662. The number of nitrogens with zero attached hydrogens (tertiary/aromatic N) is 1. The Balaban J connectivity index is 1.48. The van der Waals surface area contributed by atoms with Crippen LogP contribution in [0.5, 0.6) is 5.75 Å². The molecule has 0 unspecified atom stereocenters. The van der Waals surface area contributed by atoms with Crippen molar-refractivity contribution in [1.82, 2.24) is 0 Å². The van der Waals surface area contributed by atoms with Crippen molar-refractivity contribution < 1.29 is 9.30 Å². The molecule has 0 aliphatic heterocycles. The topological polar surface area (TPSA) is 13.1 Å². The Morgan fingerprint density at radius 1 is 0.833 bits per heavy atom. The molecule has 122 valence electrons. The molecule has 0 amide bonds. The minimum absolute atomic E-state index is 0.414. The van der Waals surface area contributed by atoms with Crippen LogP contribution >= 0.6 is 0 Å². The van der Waals surface area contributed by atoms with E-state index >= 15 is 0 Å². The first-order valence-electron chi connectivity index (χ1n) is 9.01. The van der Waals surface area contributed by atoms with Gasteiger partial charge >= 0.3 is 0 Å². The van der Waals surface area contributed by atoms with Gasteiger partial charge < -0.3 is 4.74 Å². The Morgan fingerprint density at radius 2 is 1.58 bits per heavy atom. The molecule has 2 aromatic carbocycles. The van der Waals surface area contributed by atoms with E-state index in [0.29, 0.717) is 6.10 Å². The van der Waals surface area contributed by atoms with E-state index in [0.717, 1.165) is 12.3 Å². The molecule has 2 nitrogen and oxygen atoms in total. The van der Waals surface area contributed by atoms with Gasteiger partial charge in [0.25, 0.3) is 0 Å². The largest absolute Gasteiger partial charge is 0.490 e. The first-order chi connectivity index (χ1) is 11.9. The fourth-order valence-corrected chi connectivity index (χ4v) is 3.60. The van der Waals surface area contributed by atoms with Crippen molar-refractivity contribution in [2.75, 3.05) is 0 Å². The Labute approximate surface area is 143 Å². The summed E-state index contributed by atoms with van der Waals surface area (Å²) in [6.45, 7) is 0.880. The van der Waals surface area contributed by atoms with E-state index in [9.17, 15) is 0 Å². The van der Waals surface area contributed by atoms with Gasteiger partial charge in [0.05, 0.1) is 6.10 Å². The van der Waals surface area contributed by atoms with Crippen molar-refractivity contribution in [2.24, 2.45) is 0 Å². The summed E-state index contributed by atoms with van der Waals surface area (Å²) in [6.07, 6.45) is 8.94. The van der Waals surface area contributed by atoms with Gasteiger partial charge in [-0.25, -0.2) is 0 Å². The molecule has 1 saturated carbocycles. The van der Waals surface area contributed by atoms with Gasteiger partial charge in [0.2, 0.25) is 5.52 Å². The third kappa shape index (κ3) is 3.43. The van der Waals surface area contributed by atoms with Crippen LogP contribution < -0.4 is 9.30 Å². The summed E-state index contributed by atoms with van der Waals surface area (Å²) in [5.74, 6) is 1.01. The molecule has 0 radical (unpaired) electrons. The quantitative estimate of drug-likeness (QED) is 0.624. The third-order valence-corrected chi connectivity index (χ3v) is 4.92. The molecule has 0 saturated heterocycles. The second-order valence-electron chi connectivity index (χ2n) is 6.72. The number of para-hydroxylation sites is 1. The summed E-state index contributed by atoms with van der Waals surface area (Å²) in [4.78, 5) is 0. The van der Waals surface area contributed by atoms with E-state index in [-0.39, 0.29) is 0 Å². The standard InChI is InChI=1S/C22H24NO/c1-2-9-20(10-3-1)24-21-14-12-18(13-15-21)17-23-16-6-8-19-7-4-5-11-22(19)23/h4-8,11-16,20H,1-3,9-10,17H2/q+1. The van der Waals surface area contributed by atoms with E-state index in [1.54, 1.807) is 0 Å². The molecule has 1 aromatic heterocycles. The summed E-state index contributed by atoms with van der Waals surface area (Å²) in [5.41, 5.74) is 2.56. The van der Waals surface area contributed by atoms with Crippen LogP contribution in [0, 0.1) is 0 Å². The minimum atomic E-state index is 0.414. The van der Waals surface area contributed by atoms with Crippen molar-refractivity contribution >= 4 is 10.9 Å². The average Bonchev–Trinajstić information content (AvgIpc) is 2.65. The average molecular weight is 318 g/mol. The monoisotopic (exact) mass is 318 g/mol. The Morgan fingerprint density at radius 3 is 2.42 bits per heavy atom. The fraction of sp³-hybridized carbons (Fsp3) is 0.318. The van der Waals surface area contributed by atoms with Crippen molar-refractivity contribution in [3.05, 3.63) is 72.4 Å². The number of hydrogen-bond donors (Lipinski definition) is 0. The molecular formula is C22H24NO+. The number of fused-ring (bicyclic) bond motifs is 1. The van der Waals surface area contributed by atoms with Crippen LogP contribution in [0.2, 0.25) is 0 Å². The molecule has 1 heterocycles. The first kappa shape index (κ1) is 15.2. The van der Waals surface area contributed by atoms with Gasteiger partial charge in [0.15, 0.2) is 12.7 Å².